The van der Waals surface area contributed by atoms with Gasteiger partial charge in [-0.05, 0) is 53.7 Å². The minimum Gasteiger partial charge on any atom is -0.330 e. The highest BCUT2D eigenvalue weighted by Gasteiger charge is 2.37. The topological polar surface area (TPSA) is 78.5 Å². The molecule has 3 rings (SSSR count). The molecule has 6 nitrogen and oxygen atoms in total. The van der Waals surface area contributed by atoms with Crippen molar-refractivity contribution in [1.82, 2.24) is 15.8 Å². The zero-order chi connectivity index (χ0) is 17.8. The van der Waals surface area contributed by atoms with Crippen LogP contribution in [0.15, 0.2) is 15.9 Å². The zero-order valence-electron chi connectivity index (χ0n) is 13.9. The maximum atomic E-state index is 12.7. The molecule has 0 spiro atoms. The predicted octanol–water partition coefficient (Wildman–Crippen LogP) is 2.84. The highest BCUT2D eigenvalue weighted by atomic mass is 79.9. The molecule has 136 valence electrons. The molecule has 1 aliphatic carbocycles. The number of thiophene rings is 1. The van der Waals surface area contributed by atoms with Crippen molar-refractivity contribution in [2.45, 2.75) is 51.0 Å². The van der Waals surface area contributed by atoms with Crippen LogP contribution in [0.25, 0.3) is 0 Å². The third kappa shape index (κ3) is 4.41. The Kier molecular flexibility index (Phi) is 6.11. The largest absolute Gasteiger partial charge is 0.330 e. The standard InChI is InChI=1S/C17H22BrN3O3S/c18-14-9-8-13(25-14)16(23)20-19-15(22)12-7-4-10-21(12)17(24)11-5-2-1-3-6-11/h8-9,11-12H,1-7,10H2,(H,19,22)(H,20,23). The Morgan fingerprint density at radius 2 is 1.80 bits per heavy atom. The van der Waals surface area contributed by atoms with Gasteiger partial charge in [0.05, 0.1) is 8.66 Å². The number of nitrogens with zero attached hydrogens (tertiary/aromatic N) is 1. The molecular weight excluding hydrogens is 406 g/mol. The number of carbonyl (C=O) groups excluding carboxylic acids is 3. The fourth-order valence-electron chi connectivity index (χ4n) is 3.59. The summed E-state index contributed by atoms with van der Waals surface area (Å²) in [5, 5.41) is 0. The third-order valence-corrected chi connectivity index (χ3v) is 6.51. The molecule has 1 aromatic rings. The summed E-state index contributed by atoms with van der Waals surface area (Å²) in [4.78, 5) is 39.4. The smallest absolute Gasteiger partial charge is 0.279 e. The van der Waals surface area contributed by atoms with Gasteiger partial charge in [0.1, 0.15) is 6.04 Å². The van der Waals surface area contributed by atoms with Gasteiger partial charge in [0.2, 0.25) is 5.91 Å². The normalized spacial score (nSPS) is 21.2. The van der Waals surface area contributed by atoms with Crippen LogP contribution >= 0.6 is 27.3 Å². The van der Waals surface area contributed by atoms with Crippen LogP contribution in [0.5, 0.6) is 0 Å². The molecule has 0 aromatic carbocycles. The van der Waals surface area contributed by atoms with Crippen LogP contribution in [0.1, 0.15) is 54.6 Å². The van der Waals surface area contributed by atoms with E-state index in [0.29, 0.717) is 17.8 Å². The summed E-state index contributed by atoms with van der Waals surface area (Å²) in [6.45, 7) is 0.624. The Balaban J connectivity index is 1.55. The van der Waals surface area contributed by atoms with Crippen LogP contribution < -0.4 is 10.9 Å². The second kappa shape index (κ2) is 8.31. The second-order valence-corrected chi connectivity index (χ2v) is 9.03. The van der Waals surface area contributed by atoms with Gasteiger partial charge in [0.25, 0.3) is 11.8 Å². The third-order valence-electron chi connectivity index (χ3n) is 4.89. The van der Waals surface area contributed by atoms with Crippen LogP contribution in [0.3, 0.4) is 0 Å². The van der Waals surface area contributed by atoms with Gasteiger partial charge >= 0.3 is 0 Å². The summed E-state index contributed by atoms with van der Waals surface area (Å²) in [5.41, 5.74) is 4.92. The molecule has 3 amide bonds. The second-order valence-electron chi connectivity index (χ2n) is 6.57. The van der Waals surface area contributed by atoms with E-state index in [1.165, 1.54) is 17.8 Å². The molecule has 0 bridgehead atoms. The van der Waals surface area contributed by atoms with E-state index in [-0.39, 0.29) is 23.6 Å². The lowest BCUT2D eigenvalue weighted by Crippen LogP contribution is -2.52. The molecule has 2 heterocycles. The van der Waals surface area contributed by atoms with E-state index >= 15 is 0 Å². The molecule has 1 aliphatic heterocycles. The quantitative estimate of drug-likeness (QED) is 0.727. The number of hydrogen-bond donors (Lipinski definition) is 2. The predicted molar refractivity (Wildman–Crippen MR) is 98.9 cm³/mol. The SMILES string of the molecule is O=C(NNC(=O)C1CCCN1C(=O)C1CCCCC1)c1ccc(Br)s1. The summed E-state index contributed by atoms with van der Waals surface area (Å²) >= 11 is 4.60. The van der Waals surface area contributed by atoms with Crippen LogP contribution in [0, 0.1) is 5.92 Å². The van der Waals surface area contributed by atoms with Crippen LogP contribution in [0.2, 0.25) is 0 Å². The van der Waals surface area contributed by atoms with E-state index in [9.17, 15) is 14.4 Å². The molecule has 1 atom stereocenters. The van der Waals surface area contributed by atoms with E-state index in [4.69, 9.17) is 0 Å². The fraction of sp³-hybridized carbons (Fsp3) is 0.588. The van der Waals surface area contributed by atoms with Crippen LogP contribution in [0.4, 0.5) is 0 Å². The summed E-state index contributed by atoms with van der Waals surface area (Å²) < 4.78 is 0.851. The van der Waals surface area contributed by atoms with Gasteiger partial charge in [-0.25, -0.2) is 0 Å². The molecule has 8 heteroatoms. The lowest BCUT2D eigenvalue weighted by atomic mass is 9.88. The first-order valence-corrected chi connectivity index (χ1v) is 10.3. The number of carbonyl (C=O) groups is 3. The lowest BCUT2D eigenvalue weighted by molar-refractivity contribution is -0.142. The van der Waals surface area contributed by atoms with E-state index in [1.807, 2.05) is 0 Å². The molecule has 1 saturated heterocycles. The summed E-state index contributed by atoms with van der Waals surface area (Å²) in [7, 11) is 0. The molecule has 2 N–H and O–H groups in total. The molecule has 25 heavy (non-hydrogen) atoms. The minimum atomic E-state index is -0.482. The monoisotopic (exact) mass is 427 g/mol. The first kappa shape index (κ1) is 18.4. The molecular formula is C17H22BrN3O3S. The van der Waals surface area contributed by atoms with Gasteiger partial charge < -0.3 is 4.90 Å². The first-order valence-electron chi connectivity index (χ1n) is 8.72. The number of amides is 3. The maximum absolute atomic E-state index is 12.7. The number of halogens is 1. The van der Waals surface area contributed by atoms with Gasteiger partial charge in [-0.1, -0.05) is 19.3 Å². The Hall–Kier alpha value is -1.41. The number of nitrogens with one attached hydrogen (secondary N) is 2. The summed E-state index contributed by atoms with van der Waals surface area (Å²) in [6, 6.07) is 2.98. The lowest BCUT2D eigenvalue weighted by Gasteiger charge is -2.30. The highest BCUT2D eigenvalue weighted by Crippen LogP contribution is 2.28. The van der Waals surface area contributed by atoms with Crippen molar-refractivity contribution in [3.63, 3.8) is 0 Å². The Morgan fingerprint density at radius 1 is 1.04 bits per heavy atom. The molecule has 2 fully saturated rings. The maximum Gasteiger partial charge on any atom is 0.279 e. The average Bonchev–Trinajstić information content (AvgIpc) is 3.28. The van der Waals surface area contributed by atoms with Gasteiger partial charge in [0.15, 0.2) is 0 Å². The fourth-order valence-corrected chi connectivity index (χ4v) is 4.87. The molecule has 0 radical (unpaired) electrons. The van der Waals surface area contributed by atoms with Crippen molar-refractivity contribution < 1.29 is 14.4 Å². The van der Waals surface area contributed by atoms with Crippen molar-refractivity contribution in [3.8, 4) is 0 Å². The highest BCUT2D eigenvalue weighted by molar-refractivity contribution is 9.11. The molecule has 1 unspecified atom stereocenters. The zero-order valence-corrected chi connectivity index (χ0v) is 16.3. The average molecular weight is 428 g/mol. The van der Waals surface area contributed by atoms with E-state index in [0.717, 1.165) is 35.9 Å². The number of hydrogen-bond acceptors (Lipinski definition) is 4. The molecule has 1 saturated carbocycles. The first-order chi connectivity index (χ1) is 12.1. The van der Waals surface area contributed by atoms with Crippen LogP contribution in [-0.2, 0) is 9.59 Å². The van der Waals surface area contributed by atoms with Crippen molar-refractivity contribution in [3.05, 3.63) is 20.8 Å². The van der Waals surface area contributed by atoms with Crippen molar-refractivity contribution in [1.29, 1.82) is 0 Å². The van der Waals surface area contributed by atoms with E-state index in [2.05, 4.69) is 26.8 Å². The minimum absolute atomic E-state index is 0.0558. The molecule has 1 aromatic heterocycles. The Bertz CT molecular complexity index is 657. The summed E-state index contributed by atoms with van der Waals surface area (Å²) in [5.74, 6) is -0.510. The number of hydrazine groups is 1. The van der Waals surface area contributed by atoms with Gasteiger partial charge in [-0.15, -0.1) is 11.3 Å². The van der Waals surface area contributed by atoms with Crippen molar-refractivity contribution >= 4 is 45.0 Å². The molecule has 2 aliphatic rings. The van der Waals surface area contributed by atoms with Gasteiger partial charge in [0, 0.05) is 12.5 Å². The number of rotatable bonds is 3. The Labute approximate surface area is 159 Å². The van der Waals surface area contributed by atoms with Crippen molar-refractivity contribution in [2.24, 2.45) is 5.92 Å². The summed E-state index contributed by atoms with van der Waals surface area (Å²) in [6.07, 6.45) is 6.69. The van der Waals surface area contributed by atoms with Crippen molar-refractivity contribution in [2.75, 3.05) is 6.54 Å². The number of likely N-dealkylation sites (tertiary alicyclic amines) is 1. The Morgan fingerprint density at radius 3 is 2.48 bits per heavy atom. The van der Waals surface area contributed by atoms with E-state index in [1.54, 1.807) is 17.0 Å². The van der Waals surface area contributed by atoms with Gasteiger partial charge in [-0.2, -0.15) is 0 Å². The van der Waals surface area contributed by atoms with E-state index < -0.39 is 6.04 Å². The van der Waals surface area contributed by atoms with Crippen LogP contribution in [-0.4, -0.2) is 35.2 Å². The van der Waals surface area contributed by atoms with Gasteiger partial charge in [-0.3, -0.25) is 25.2 Å².